The number of nitrogens with one attached hydrogen (secondary N) is 1. The first-order valence-corrected chi connectivity index (χ1v) is 11.2. The van der Waals surface area contributed by atoms with Gasteiger partial charge in [-0.25, -0.2) is 0 Å². The van der Waals surface area contributed by atoms with Crippen molar-refractivity contribution in [2.75, 3.05) is 12.4 Å². The molecule has 0 spiro atoms. The monoisotopic (exact) mass is 488 g/mol. The highest BCUT2D eigenvalue weighted by Gasteiger charge is 2.30. The van der Waals surface area contributed by atoms with Crippen molar-refractivity contribution in [3.05, 3.63) is 125 Å². The minimum Gasteiger partial charge on any atom is -0.337 e. The van der Waals surface area contributed by atoms with Gasteiger partial charge in [0.1, 0.15) is 0 Å². The zero-order valence-corrected chi connectivity index (χ0v) is 19.4. The second-order valence-electron chi connectivity index (χ2n) is 8.30. The van der Waals surface area contributed by atoms with Gasteiger partial charge in [-0.2, -0.15) is 13.2 Å². The van der Waals surface area contributed by atoms with Gasteiger partial charge in [0.2, 0.25) is 0 Å². The Balaban J connectivity index is 1.52. The summed E-state index contributed by atoms with van der Waals surface area (Å²) in [7, 11) is 1.71. The SMILES string of the molecule is CN(Cc1ccccc1)C(=O)c1cccc(NC(=O)c2ccccc2-c2ccc(C(F)(F)F)cc2)c1. The Kier molecular flexibility index (Phi) is 7.20. The second kappa shape index (κ2) is 10.5. The van der Waals surface area contributed by atoms with Crippen LogP contribution >= 0.6 is 0 Å². The third-order valence-electron chi connectivity index (χ3n) is 5.67. The van der Waals surface area contributed by atoms with Crippen LogP contribution in [0.3, 0.4) is 0 Å². The number of alkyl halides is 3. The summed E-state index contributed by atoms with van der Waals surface area (Å²) in [5, 5.41) is 2.80. The summed E-state index contributed by atoms with van der Waals surface area (Å²) < 4.78 is 38.8. The topological polar surface area (TPSA) is 49.4 Å². The molecule has 0 bridgehead atoms. The number of anilines is 1. The number of carbonyl (C=O) groups is 2. The van der Waals surface area contributed by atoms with Crippen molar-refractivity contribution in [3.63, 3.8) is 0 Å². The number of carbonyl (C=O) groups excluding carboxylic acids is 2. The number of hydrogen-bond donors (Lipinski definition) is 1. The van der Waals surface area contributed by atoms with Gasteiger partial charge in [0, 0.05) is 30.4 Å². The first-order valence-electron chi connectivity index (χ1n) is 11.2. The van der Waals surface area contributed by atoms with Crippen molar-refractivity contribution in [2.45, 2.75) is 12.7 Å². The van der Waals surface area contributed by atoms with Gasteiger partial charge in [-0.3, -0.25) is 9.59 Å². The fraction of sp³-hybridized carbons (Fsp3) is 0.103. The predicted octanol–water partition coefficient (Wildman–Crippen LogP) is 6.90. The molecule has 4 aromatic carbocycles. The Labute approximate surface area is 207 Å². The van der Waals surface area contributed by atoms with Crippen LogP contribution in [0, 0.1) is 0 Å². The van der Waals surface area contributed by atoms with E-state index in [1.807, 2.05) is 30.3 Å². The number of hydrogen-bond acceptors (Lipinski definition) is 2. The minimum absolute atomic E-state index is 0.194. The van der Waals surface area contributed by atoms with E-state index in [1.165, 1.54) is 12.1 Å². The number of halogens is 3. The van der Waals surface area contributed by atoms with Crippen molar-refractivity contribution in [1.82, 2.24) is 4.90 Å². The lowest BCUT2D eigenvalue weighted by Gasteiger charge is -2.18. The van der Waals surface area contributed by atoms with Gasteiger partial charge < -0.3 is 10.2 Å². The lowest BCUT2D eigenvalue weighted by atomic mass is 9.98. The standard InChI is InChI=1S/C29H23F3N2O2/c1-34(19-20-8-3-2-4-9-20)28(36)22-10-7-11-24(18-22)33-27(35)26-13-6-5-12-25(26)21-14-16-23(17-15-21)29(30,31)32/h2-18H,19H2,1H3,(H,33,35). The molecule has 2 amide bonds. The van der Waals surface area contributed by atoms with E-state index < -0.39 is 17.6 Å². The normalized spacial score (nSPS) is 11.1. The van der Waals surface area contributed by atoms with Crippen LogP contribution in [-0.4, -0.2) is 23.8 Å². The zero-order valence-electron chi connectivity index (χ0n) is 19.4. The maximum absolute atomic E-state index is 13.1. The number of amides is 2. The van der Waals surface area contributed by atoms with Crippen LogP contribution in [0.1, 0.15) is 31.8 Å². The Morgan fingerprint density at radius 1 is 0.806 bits per heavy atom. The molecule has 0 aliphatic carbocycles. The van der Waals surface area contributed by atoms with Gasteiger partial charge in [0.05, 0.1) is 5.56 Å². The molecule has 7 heteroatoms. The fourth-order valence-corrected chi connectivity index (χ4v) is 3.85. The molecule has 4 aromatic rings. The molecule has 4 nitrogen and oxygen atoms in total. The first-order chi connectivity index (χ1) is 17.2. The van der Waals surface area contributed by atoms with Crippen molar-refractivity contribution >= 4 is 17.5 Å². The summed E-state index contributed by atoms with van der Waals surface area (Å²) in [5.74, 6) is -0.632. The molecule has 182 valence electrons. The Bertz CT molecular complexity index is 1370. The van der Waals surface area contributed by atoms with Crippen molar-refractivity contribution in [1.29, 1.82) is 0 Å². The average Bonchev–Trinajstić information content (AvgIpc) is 2.88. The molecule has 0 fully saturated rings. The van der Waals surface area contributed by atoms with Crippen molar-refractivity contribution < 1.29 is 22.8 Å². The number of benzene rings is 4. The van der Waals surface area contributed by atoms with Crippen molar-refractivity contribution in [2.24, 2.45) is 0 Å². The molecular weight excluding hydrogens is 465 g/mol. The van der Waals surface area contributed by atoms with Crippen molar-refractivity contribution in [3.8, 4) is 11.1 Å². The Morgan fingerprint density at radius 2 is 1.47 bits per heavy atom. The molecule has 0 aliphatic heterocycles. The quantitative estimate of drug-likeness (QED) is 0.321. The summed E-state index contributed by atoms with van der Waals surface area (Å²) >= 11 is 0. The van der Waals surface area contributed by atoms with Crippen LogP contribution in [0.4, 0.5) is 18.9 Å². The molecule has 0 aliphatic rings. The van der Waals surface area contributed by atoms with Crippen LogP contribution < -0.4 is 5.32 Å². The third kappa shape index (κ3) is 5.81. The van der Waals surface area contributed by atoms with E-state index in [2.05, 4.69) is 5.32 Å². The average molecular weight is 489 g/mol. The van der Waals surface area contributed by atoms with Crippen LogP contribution in [-0.2, 0) is 12.7 Å². The van der Waals surface area contributed by atoms with Crippen LogP contribution in [0.2, 0.25) is 0 Å². The summed E-state index contributed by atoms with van der Waals surface area (Å²) in [4.78, 5) is 27.6. The fourth-order valence-electron chi connectivity index (χ4n) is 3.85. The second-order valence-corrected chi connectivity index (χ2v) is 8.30. The lowest BCUT2D eigenvalue weighted by Crippen LogP contribution is -2.26. The Hall–Kier alpha value is -4.39. The number of nitrogens with zero attached hydrogens (tertiary/aromatic N) is 1. The molecule has 0 saturated heterocycles. The summed E-state index contributed by atoms with van der Waals surface area (Å²) in [6.07, 6.45) is -4.44. The lowest BCUT2D eigenvalue weighted by molar-refractivity contribution is -0.137. The molecule has 36 heavy (non-hydrogen) atoms. The van der Waals surface area contributed by atoms with E-state index in [0.717, 1.165) is 17.7 Å². The largest absolute Gasteiger partial charge is 0.416 e. The molecule has 0 saturated carbocycles. The maximum Gasteiger partial charge on any atom is 0.416 e. The van der Waals surface area contributed by atoms with E-state index in [1.54, 1.807) is 60.5 Å². The molecule has 0 unspecified atom stereocenters. The first kappa shape index (κ1) is 24.7. The highest BCUT2D eigenvalue weighted by molar-refractivity contribution is 6.09. The van der Waals surface area contributed by atoms with Crippen LogP contribution in [0.15, 0.2) is 103 Å². The zero-order chi connectivity index (χ0) is 25.7. The summed E-state index contributed by atoms with van der Waals surface area (Å²) in [6, 6.07) is 27.6. The van der Waals surface area contributed by atoms with Gasteiger partial charge >= 0.3 is 6.18 Å². The molecule has 1 N–H and O–H groups in total. The van der Waals surface area contributed by atoms with Gasteiger partial charge in [-0.05, 0) is 53.1 Å². The van der Waals surface area contributed by atoms with Crippen LogP contribution in [0.25, 0.3) is 11.1 Å². The maximum atomic E-state index is 13.1. The molecule has 0 atom stereocenters. The van der Waals surface area contributed by atoms with Gasteiger partial charge in [0.15, 0.2) is 0 Å². The van der Waals surface area contributed by atoms with E-state index in [0.29, 0.717) is 34.5 Å². The molecule has 0 heterocycles. The Morgan fingerprint density at radius 3 is 2.17 bits per heavy atom. The highest BCUT2D eigenvalue weighted by atomic mass is 19.4. The van der Waals surface area contributed by atoms with Gasteiger partial charge in [-0.1, -0.05) is 66.7 Å². The predicted molar refractivity (Wildman–Crippen MR) is 134 cm³/mol. The minimum atomic E-state index is -4.44. The molecule has 4 rings (SSSR count). The summed E-state index contributed by atoms with van der Waals surface area (Å²) in [5.41, 5.74) is 2.38. The van der Waals surface area contributed by atoms with E-state index in [9.17, 15) is 22.8 Å². The number of rotatable bonds is 6. The molecular formula is C29H23F3N2O2. The van der Waals surface area contributed by atoms with Crippen LogP contribution in [0.5, 0.6) is 0 Å². The van der Waals surface area contributed by atoms with Gasteiger partial charge in [0.25, 0.3) is 11.8 Å². The van der Waals surface area contributed by atoms with E-state index in [4.69, 9.17) is 0 Å². The molecule has 0 radical (unpaired) electrons. The van der Waals surface area contributed by atoms with Gasteiger partial charge in [-0.15, -0.1) is 0 Å². The third-order valence-corrected chi connectivity index (χ3v) is 5.67. The van der Waals surface area contributed by atoms with E-state index >= 15 is 0 Å². The molecule has 0 aromatic heterocycles. The highest BCUT2D eigenvalue weighted by Crippen LogP contribution is 2.32. The van der Waals surface area contributed by atoms with E-state index in [-0.39, 0.29) is 5.91 Å². The smallest absolute Gasteiger partial charge is 0.337 e. The summed E-state index contributed by atoms with van der Waals surface area (Å²) in [6.45, 7) is 0.441.